The zero-order valence-corrected chi connectivity index (χ0v) is 18.9. The smallest absolute Gasteiger partial charge is 1.00 e. The number of carbonyl (C=O) groups is 2. The molecule has 0 saturated carbocycles. The van der Waals surface area contributed by atoms with Crippen LogP contribution in [0.25, 0.3) is 0 Å². The van der Waals surface area contributed by atoms with Crippen molar-refractivity contribution in [1.29, 1.82) is 0 Å². The van der Waals surface area contributed by atoms with Crippen molar-refractivity contribution >= 4 is 39.7 Å². The van der Waals surface area contributed by atoms with Crippen molar-refractivity contribution in [3.63, 3.8) is 0 Å². The van der Waals surface area contributed by atoms with E-state index in [-0.39, 0.29) is 154 Å². The zero-order valence-electron chi connectivity index (χ0n) is 12.9. The number of carboxylic acids is 2. The van der Waals surface area contributed by atoms with Crippen LogP contribution in [0.4, 0.5) is 0 Å². The summed E-state index contributed by atoms with van der Waals surface area (Å²) in [4.78, 5) is 19.5. The van der Waals surface area contributed by atoms with Gasteiger partial charge in [-0.15, -0.1) is 0 Å². The van der Waals surface area contributed by atoms with Crippen molar-refractivity contribution in [3.05, 3.63) is 0 Å². The van der Waals surface area contributed by atoms with Crippen LogP contribution in [0, 0.1) is 0 Å². The van der Waals surface area contributed by atoms with Crippen molar-refractivity contribution < 1.29 is 184 Å². The fraction of sp³-hybridized carbons (Fsp3) is 0.500. The molecule has 0 rings (SSSR count). The van der Waals surface area contributed by atoms with Crippen molar-refractivity contribution in [2.24, 2.45) is 0 Å². The first kappa shape index (κ1) is 38.2. The molecule has 0 aromatic heterocycles. The molecule has 2 atom stereocenters. The first-order chi connectivity index (χ1) is 6.46. The largest absolute Gasteiger partial charge is 1.00 e. The summed E-state index contributed by atoms with van der Waals surface area (Å²) in [5.74, 6) is -3.54. The third-order valence-corrected chi connectivity index (χ3v) is 0.805. The zero-order chi connectivity index (χ0) is 12.8. The molecule has 0 fully saturated rings. The van der Waals surface area contributed by atoms with Crippen LogP contribution in [0.5, 0.6) is 0 Å². The predicted octanol–water partition coefficient (Wildman–Crippen LogP) is -12.6. The molecule has 10 nitrogen and oxygen atoms in total. The minimum Gasteiger partial charge on any atom is -1.00 e. The van der Waals surface area contributed by atoms with Gasteiger partial charge in [0.1, 0.15) is 0 Å². The first-order valence-electron chi connectivity index (χ1n) is 2.98. The van der Waals surface area contributed by atoms with Crippen LogP contribution in [0.2, 0.25) is 0 Å². The topological polar surface area (TPSA) is 190 Å². The Labute approximate surface area is 231 Å². The van der Waals surface area contributed by atoms with Crippen molar-refractivity contribution in [2.75, 3.05) is 0 Å². The summed E-state index contributed by atoms with van der Waals surface area (Å²) in [5.41, 5.74) is 0. The molecule has 15 heteroatoms. The second kappa shape index (κ2) is 19.6. The predicted molar refractivity (Wildman–Crippen MR) is 54.7 cm³/mol. The normalized spacial score (nSPS) is 11.4. The van der Waals surface area contributed by atoms with E-state index in [1.165, 1.54) is 0 Å². The molecule has 0 aliphatic heterocycles. The molecule has 0 bridgehead atoms. The van der Waals surface area contributed by atoms with Gasteiger partial charge in [0, 0.05) is 0 Å². The molecule has 6 N–H and O–H groups in total. The van der Waals surface area contributed by atoms with Crippen LogP contribution in [0.1, 0.15) is 4.28 Å². The quantitative estimate of drug-likeness (QED) is 0.202. The van der Waals surface area contributed by atoms with Crippen LogP contribution in [-0.4, -0.2) is 79.5 Å². The maximum absolute atomic E-state index is 9.77. The summed E-state index contributed by atoms with van der Waals surface area (Å²) in [7, 11) is -4.67. The van der Waals surface area contributed by atoms with Crippen molar-refractivity contribution in [1.82, 2.24) is 0 Å². The Morgan fingerprint density at radius 2 is 1.00 bits per heavy atom. The molecule has 0 aliphatic carbocycles. The number of rotatable bonds is 3. The van der Waals surface area contributed by atoms with Crippen LogP contribution >= 0.6 is 0 Å². The Bertz CT molecular complexity index is 323. The second-order valence-electron chi connectivity index (χ2n) is 2.01. The van der Waals surface area contributed by atoms with E-state index >= 15 is 0 Å². The number of aliphatic carboxylic acids is 2. The molecule has 0 spiro atoms. The summed E-state index contributed by atoms with van der Waals surface area (Å²) in [6.45, 7) is 0. The summed E-state index contributed by atoms with van der Waals surface area (Å²) in [5, 5.41) is 32.5. The van der Waals surface area contributed by atoms with Crippen LogP contribution in [-0.2, 0) is 20.0 Å². The Kier molecular flexibility index (Phi) is 39.4. The molecular weight excluding hydrogens is 368 g/mol. The van der Waals surface area contributed by atoms with Gasteiger partial charge in [0.15, 0.2) is 29.6 Å². The van der Waals surface area contributed by atoms with E-state index in [1.54, 1.807) is 0 Å². The van der Waals surface area contributed by atoms with Crippen LogP contribution in [0.15, 0.2) is 0 Å². The van der Waals surface area contributed by atoms with Gasteiger partial charge in [0.05, 0.1) is 0 Å². The molecule has 0 radical (unpaired) electrons. The van der Waals surface area contributed by atoms with E-state index in [1.807, 2.05) is 0 Å². The monoisotopic (exact) mass is 382 g/mol. The molecule has 0 aromatic carbocycles. The number of aliphatic hydroxyl groups is 2. The number of carboxylic acid groups (broad SMARTS) is 2. The summed E-state index contributed by atoms with van der Waals surface area (Å²) in [6.07, 6.45) is -4.53. The van der Waals surface area contributed by atoms with Gasteiger partial charge >= 0.3 is 155 Å². The van der Waals surface area contributed by atoms with Gasteiger partial charge in [-0.05, 0) is 0 Å². The molecule has 102 valence electrons. The van der Waals surface area contributed by atoms with Gasteiger partial charge in [-0.25, -0.2) is 9.59 Å². The van der Waals surface area contributed by atoms with Gasteiger partial charge in [-0.1, -0.05) is 0 Å². The average molecular weight is 382 g/mol. The van der Waals surface area contributed by atoms with Gasteiger partial charge in [0.25, 0.3) is 0 Å². The van der Waals surface area contributed by atoms with E-state index in [0.717, 1.165) is 0 Å². The number of hydrogen-bond donors (Lipinski definition) is 6. The molecule has 0 amide bonds. The van der Waals surface area contributed by atoms with E-state index in [9.17, 15) is 9.59 Å². The van der Waals surface area contributed by atoms with Crippen molar-refractivity contribution in [3.8, 4) is 0 Å². The maximum Gasteiger partial charge on any atom is 1.00 e. The summed E-state index contributed by atoms with van der Waals surface area (Å²) in [6, 6.07) is 0. The van der Waals surface area contributed by atoms with Gasteiger partial charge < -0.3 is 24.7 Å². The molecule has 19 heavy (non-hydrogen) atoms. The van der Waals surface area contributed by atoms with Gasteiger partial charge in [-0.2, -0.15) is 8.42 Å². The standard InChI is InChI=1S/C4H6O6.Al.2K.Na.H2O4S.6H/c5-1(3(7)8)2(6)4(9)10;;;;;1-5(2,3)4;;;;;;/h1-2,5-6H,(H,7,8)(H,9,10);;;;;(H2,1,2,3,4);;;;;;/q;;3*+1;;;;;3*-1. The van der Waals surface area contributed by atoms with Crippen LogP contribution < -0.4 is 132 Å². The SMILES string of the molecule is O=C(O)C(O)C(O)C(=O)O.O=S(=O)(O)O.[AlH3].[H-].[H-].[H-].[K+].[K+].[Na+]. The molecular formula is C4H14AlK2NaO10S. The molecule has 0 heterocycles. The fourth-order valence-corrected chi connectivity index (χ4v) is 0.270. The van der Waals surface area contributed by atoms with E-state index in [0.29, 0.717) is 0 Å². The summed E-state index contributed by atoms with van der Waals surface area (Å²) >= 11 is 0. The number of aliphatic hydroxyl groups excluding tert-OH is 2. The van der Waals surface area contributed by atoms with Crippen molar-refractivity contribution in [2.45, 2.75) is 12.2 Å². The van der Waals surface area contributed by atoms with E-state index < -0.39 is 34.5 Å². The Morgan fingerprint density at radius 1 is 0.895 bits per heavy atom. The molecule has 0 aromatic rings. The average Bonchev–Trinajstić information content (AvgIpc) is 1.98. The number of hydrogen-bond acceptors (Lipinski definition) is 6. The molecule has 0 saturated heterocycles. The maximum atomic E-state index is 9.77. The Hall–Kier alpha value is 3.54. The molecule has 0 aliphatic rings. The summed E-state index contributed by atoms with van der Waals surface area (Å²) < 4.78 is 31.6. The van der Waals surface area contributed by atoms with Gasteiger partial charge in [0.2, 0.25) is 0 Å². The Morgan fingerprint density at radius 3 is 1.05 bits per heavy atom. The second-order valence-corrected chi connectivity index (χ2v) is 2.91. The molecule has 2 unspecified atom stereocenters. The Balaban J connectivity index is -0.0000000183. The first-order valence-corrected chi connectivity index (χ1v) is 4.38. The van der Waals surface area contributed by atoms with E-state index in [2.05, 4.69) is 0 Å². The van der Waals surface area contributed by atoms with E-state index in [4.69, 9.17) is 37.9 Å². The minimum atomic E-state index is -4.67. The van der Waals surface area contributed by atoms with Gasteiger partial charge in [-0.3, -0.25) is 9.11 Å². The van der Waals surface area contributed by atoms with Crippen LogP contribution in [0.3, 0.4) is 0 Å². The third-order valence-electron chi connectivity index (χ3n) is 0.805. The third kappa shape index (κ3) is 34.1. The fourth-order valence-electron chi connectivity index (χ4n) is 0.270. The minimum absolute atomic E-state index is 0.